The van der Waals surface area contributed by atoms with Gasteiger partial charge in [0.1, 0.15) is 0 Å². The lowest BCUT2D eigenvalue weighted by Gasteiger charge is -2.18. The van der Waals surface area contributed by atoms with E-state index in [0.717, 1.165) is 25.2 Å². The topological polar surface area (TPSA) is 41.1 Å². The van der Waals surface area contributed by atoms with Crippen LogP contribution >= 0.6 is 0 Å². The Hall–Kier alpha value is -0.570. The minimum absolute atomic E-state index is 0.146. The van der Waals surface area contributed by atoms with Crippen LogP contribution in [0.1, 0.15) is 59.3 Å². The molecule has 1 amide bonds. The molecular formula is C14H28N2O. The van der Waals surface area contributed by atoms with Gasteiger partial charge in [0.2, 0.25) is 5.91 Å². The van der Waals surface area contributed by atoms with Gasteiger partial charge in [0, 0.05) is 12.1 Å². The second-order valence-electron chi connectivity index (χ2n) is 5.25. The SMILES string of the molecule is CCC(CC1CC1)NCC(=O)NC(CC)CC. The molecule has 0 aromatic carbocycles. The van der Waals surface area contributed by atoms with Gasteiger partial charge in [-0.2, -0.15) is 0 Å². The Balaban J connectivity index is 2.15. The normalized spacial score (nSPS) is 17.2. The minimum Gasteiger partial charge on any atom is -0.352 e. The van der Waals surface area contributed by atoms with Crippen LogP contribution in [0, 0.1) is 5.92 Å². The van der Waals surface area contributed by atoms with E-state index in [1.165, 1.54) is 19.3 Å². The van der Waals surface area contributed by atoms with Crippen molar-refractivity contribution in [1.82, 2.24) is 10.6 Å². The molecule has 0 aromatic heterocycles. The largest absolute Gasteiger partial charge is 0.352 e. The van der Waals surface area contributed by atoms with Gasteiger partial charge in [-0.05, 0) is 31.6 Å². The molecule has 3 nitrogen and oxygen atoms in total. The molecule has 1 fully saturated rings. The van der Waals surface area contributed by atoms with Crippen molar-refractivity contribution in [1.29, 1.82) is 0 Å². The summed E-state index contributed by atoms with van der Waals surface area (Å²) in [4.78, 5) is 11.7. The fraction of sp³-hybridized carbons (Fsp3) is 0.929. The van der Waals surface area contributed by atoms with E-state index in [1.54, 1.807) is 0 Å². The molecule has 1 atom stereocenters. The smallest absolute Gasteiger partial charge is 0.234 e. The summed E-state index contributed by atoms with van der Waals surface area (Å²) in [7, 11) is 0. The van der Waals surface area contributed by atoms with Gasteiger partial charge in [0.05, 0.1) is 6.54 Å². The van der Waals surface area contributed by atoms with E-state index in [1.807, 2.05) is 0 Å². The molecule has 0 radical (unpaired) electrons. The van der Waals surface area contributed by atoms with Crippen molar-refractivity contribution < 1.29 is 4.79 Å². The molecule has 0 heterocycles. The highest BCUT2D eigenvalue weighted by Crippen LogP contribution is 2.33. The maximum Gasteiger partial charge on any atom is 0.234 e. The fourth-order valence-electron chi connectivity index (χ4n) is 2.16. The van der Waals surface area contributed by atoms with E-state index in [2.05, 4.69) is 31.4 Å². The molecule has 1 unspecified atom stereocenters. The Morgan fingerprint density at radius 3 is 2.18 bits per heavy atom. The molecule has 0 spiro atoms. The van der Waals surface area contributed by atoms with E-state index >= 15 is 0 Å². The number of rotatable bonds is 9. The molecule has 0 bridgehead atoms. The summed E-state index contributed by atoms with van der Waals surface area (Å²) in [5.74, 6) is 1.07. The minimum atomic E-state index is 0.146. The van der Waals surface area contributed by atoms with Crippen LogP contribution in [0.15, 0.2) is 0 Å². The van der Waals surface area contributed by atoms with Crippen molar-refractivity contribution in [2.75, 3.05) is 6.54 Å². The van der Waals surface area contributed by atoms with E-state index in [0.29, 0.717) is 18.6 Å². The number of hydrogen-bond acceptors (Lipinski definition) is 2. The number of hydrogen-bond donors (Lipinski definition) is 2. The third kappa shape index (κ3) is 6.06. The van der Waals surface area contributed by atoms with Crippen LogP contribution in [0.25, 0.3) is 0 Å². The first kappa shape index (κ1) is 14.5. The number of carbonyl (C=O) groups is 1. The van der Waals surface area contributed by atoms with Gasteiger partial charge in [0.25, 0.3) is 0 Å². The Kier molecular flexibility index (Phi) is 6.56. The molecule has 0 aliphatic heterocycles. The second kappa shape index (κ2) is 7.70. The highest BCUT2D eigenvalue weighted by Gasteiger charge is 2.24. The van der Waals surface area contributed by atoms with E-state index < -0.39 is 0 Å². The lowest BCUT2D eigenvalue weighted by molar-refractivity contribution is -0.121. The molecule has 17 heavy (non-hydrogen) atoms. The average molecular weight is 240 g/mol. The van der Waals surface area contributed by atoms with Crippen LogP contribution in [0.5, 0.6) is 0 Å². The van der Waals surface area contributed by atoms with Crippen molar-refractivity contribution in [3.05, 3.63) is 0 Å². The van der Waals surface area contributed by atoms with Crippen molar-refractivity contribution in [3.8, 4) is 0 Å². The van der Waals surface area contributed by atoms with Crippen molar-refractivity contribution in [2.45, 2.75) is 71.4 Å². The summed E-state index contributed by atoms with van der Waals surface area (Å²) in [5, 5.41) is 6.45. The van der Waals surface area contributed by atoms with Crippen molar-refractivity contribution in [2.24, 2.45) is 5.92 Å². The summed E-state index contributed by atoms with van der Waals surface area (Å²) in [6.07, 6.45) is 7.17. The van der Waals surface area contributed by atoms with Gasteiger partial charge in [0.15, 0.2) is 0 Å². The summed E-state index contributed by atoms with van der Waals surface area (Å²) in [5.41, 5.74) is 0. The van der Waals surface area contributed by atoms with Gasteiger partial charge >= 0.3 is 0 Å². The predicted octanol–water partition coefficient (Wildman–Crippen LogP) is 2.46. The molecule has 2 N–H and O–H groups in total. The summed E-state index contributed by atoms with van der Waals surface area (Å²) in [6.45, 7) is 6.90. The van der Waals surface area contributed by atoms with Gasteiger partial charge in [-0.25, -0.2) is 0 Å². The number of amides is 1. The monoisotopic (exact) mass is 240 g/mol. The van der Waals surface area contributed by atoms with Crippen LogP contribution < -0.4 is 10.6 Å². The third-order valence-electron chi connectivity index (χ3n) is 3.71. The van der Waals surface area contributed by atoms with Crippen molar-refractivity contribution >= 4 is 5.91 Å². The zero-order valence-electron chi connectivity index (χ0n) is 11.6. The first-order valence-corrected chi connectivity index (χ1v) is 7.22. The van der Waals surface area contributed by atoms with Crippen LogP contribution in [0.2, 0.25) is 0 Å². The quantitative estimate of drug-likeness (QED) is 0.650. The lowest BCUT2D eigenvalue weighted by atomic mass is 10.1. The van der Waals surface area contributed by atoms with E-state index in [9.17, 15) is 4.79 Å². The lowest BCUT2D eigenvalue weighted by Crippen LogP contribution is -2.42. The van der Waals surface area contributed by atoms with Gasteiger partial charge in [-0.15, -0.1) is 0 Å². The van der Waals surface area contributed by atoms with Crippen LogP contribution in [-0.4, -0.2) is 24.5 Å². The summed E-state index contributed by atoms with van der Waals surface area (Å²) < 4.78 is 0. The zero-order chi connectivity index (χ0) is 12.7. The predicted molar refractivity (Wildman–Crippen MR) is 71.9 cm³/mol. The molecule has 100 valence electrons. The molecule has 1 saturated carbocycles. The third-order valence-corrected chi connectivity index (χ3v) is 3.71. The first-order chi connectivity index (χ1) is 8.19. The second-order valence-corrected chi connectivity index (χ2v) is 5.25. The Bertz CT molecular complexity index is 222. The molecule has 0 aromatic rings. The Morgan fingerprint density at radius 1 is 1.12 bits per heavy atom. The molecular weight excluding hydrogens is 212 g/mol. The first-order valence-electron chi connectivity index (χ1n) is 7.22. The van der Waals surface area contributed by atoms with Crippen LogP contribution in [0.4, 0.5) is 0 Å². The fourth-order valence-corrected chi connectivity index (χ4v) is 2.16. The standard InChI is InChI=1S/C14H28N2O/c1-4-12(5-2)16-14(17)10-15-13(6-3)9-11-7-8-11/h11-13,15H,4-10H2,1-3H3,(H,16,17). The molecule has 3 heteroatoms. The van der Waals surface area contributed by atoms with E-state index in [4.69, 9.17) is 0 Å². The number of carbonyl (C=O) groups excluding carboxylic acids is 1. The Morgan fingerprint density at radius 2 is 1.71 bits per heavy atom. The molecule has 0 saturated heterocycles. The summed E-state index contributed by atoms with van der Waals surface area (Å²) >= 11 is 0. The zero-order valence-corrected chi connectivity index (χ0v) is 11.6. The average Bonchev–Trinajstić information content (AvgIpc) is 3.15. The van der Waals surface area contributed by atoms with Crippen LogP contribution in [-0.2, 0) is 4.79 Å². The molecule has 1 aliphatic carbocycles. The highest BCUT2D eigenvalue weighted by atomic mass is 16.1. The van der Waals surface area contributed by atoms with E-state index in [-0.39, 0.29) is 5.91 Å². The molecule has 1 aliphatic rings. The van der Waals surface area contributed by atoms with Gasteiger partial charge in [-0.3, -0.25) is 4.79 Å². The highest BCUT2D eigenvalue weighted by molar-refractivity contribution is 5.78. The van der Waals surface area contributed by atoms with Crippen molar-refractivity contribution in [3.63, 3.8) is 0 Å². The van der Waals surface area contributed by atoms with Gasteiger partial charge < -0.3 is 10.6 Å². The Labute approximate surface area is 106 Å². The maximum atomic E-state index is 11.7. The van der Waals surface area contributed by atoms with Gasteiger partial charge in [-0.1, -0.05) is 33.6 Å². The maximum absolute atomic E-state index is 11.7. The van der Waals surface area contributed by atoms with Crippen LogP contribution in [0.3, 0.4) is 0 Å². The summed E-state index contributed by atoms with van der Waals surface area (Å²) in [6, 6.07) is 0.864. The number of nitrogens with one attached hydrogen (secondary N) is 2. The molecule has 1 rings (SSSR count).